The van der Waals surface area contributed by atoms with Crippen LogP contribution in [-0.2, 0) is 13.1 Å². The largest absolute Gasteiger partial charge is 0.308 e. The minimum absolute atomic E-state index is 0.900. The molecule has 0 radical (unpaired) electrons. The molecule has 1 N–H and O–H groups in total. The van der Waals surface area contributed by atoms with E-state index in [2.05, 4.69) is 42.3 Å². The normalized spacial score (nSPS) is 10.6. The van der Waals surface area contributed by atoms with Gasteiger partial charge in [-0.2, -0.15) is 0 Å². The van der Waals surface area contributed by atoms with Crippen LogP contribution in [0, 0.1) is 13.8 Å². The monoisotopic (exact) mass is 232 g/mol. The second kappa shape index (κ2) is 5.23. The summed E-state index contributed by atoms with van der Waals surface area (Å²) in [6.07, 6.45) is 1.92. The summed E-state index contributed by atoms with van der Waals surface area (Å²) in [4.78, 5) is 5.34. The Hall–Kier alpha value is -1.19. The standard InChI is InChI=1S/C13H16N2S/c1-10-3-11(2)5-12(4-10)6-14-7-13-8-15-9-16-13/h3-5,8-9,14H,6-7H2,1-2H3. The molecule has 0 fully saturated rings. The van der Waals surface area contributed by atoms with Crippen LogP contribution in [-0.4, -0.2) is 4.98 Å². The van der Waals surface area contributed by atoms with Gasteiger partial charge in [-0.3, -0.25) is 4.98 Å². The van der Waals surface area contributed by atoms with Crippen molar-refractivity contribution in [3.63, 3.8) is 0 Å². The predicted molar refractivity (Wildman–Crippen MR) is 68.6 cm³/mol. The second-order valence-electron chi connectivity index (χ2n) is 4.07. The van der Waals surface area contributed by atoms with Crippen LogP contribution >= 0.6 is 11.3 Å². The molecule has 2 nitrogen and oxygen atoms in total. The van der Waals surface area contributed by atoms with Gasteiger partial charge in [-0.15, -0.1) is 11.3 Å². The Morgan fingerprint density at radius 3 is 2.50 bits per heavy atom. The van der Waals surface area contributed by atoms with E-state index in [-0.39, 0.29) is 0 Å². The Morgan fingerprint density at radius 2 is 1.88 bits per heavy atom. The summed E-state index contributed by atoms with van der Waals surface area (Å²) in [5.41, 5.74) is 5.87. The molecule has 1 aromatic carbocycles. The number of aromatic nitrogens is 1. The topological polar surface area (TPSA) is 24.9 Å². The number of rotatable bonds is 4. The summed E-state index contributed by atoms with van der Waals surface area (Å²) in [5, 5.41) is 3.43. The number of benzene rings is 1. The van der Waals surface area contributed by atoms with Gasteiger partial charge in [0, 0.05) is 24.2 Å². The fraction of sp³-hybridized carbons (Fsp3) is 0.308. The van der Waals surface area contributed by atoms with Crippen molar-refractivity contribution in [3.05, 3.63) is 51.5 Å². The Balaban J connectivity index is 1.89. The maximum atomic E-state index is 4.05. The van der Waals surface area contributed by atoms with Crippen molar-refractivity contribution in [1.82, 2.24) is 10.3 Å². The Bertz CT molecular complexity index is 429. The molecule has 0 amide bonds. The maximum Gasteiger partial charge on any atom is 0.0794 e. The van der Waals surface area contributed by atoms with Crippen molar-refractivity contribution in [1.29, 1.82) is 0 Å². The summed E-state index contributed by atoms with van der Waals surface area (Å²) in [6.45, 7) is 6.09. The molecule has 2 rings (SSSR count). The second-order valence-corrected chi connectivity index (χ2v) is 5.04. The number of hydrogen-bond acceptors (Lipinski definition) is 3. The lowest BCUT2D eigenvalue weighted by Gasteiger charge is -2.06. The first kappa shape index (κ1) is 11.3. The molecule has 0 bridgehead atoms. The van der Waals surface area contributed by atoms with Crippen molar-refractivity contribution in [2.24, 2.45) is 0 Å². The molecular weight excluding hydrogens is 216 g/mol. The predicted octanol–water partition coefficient (Wildman–Crippen LogP) is 3.05. The van der Waals surface area contributed by atoms with E-state index in [1.54, 1.807) is 11.3 Å². The van der Waals surface area contributed by atoms with Gasteiger partial charge in [0.1, 0.15) is 0 Å². The van der Waals surface area contributed by atoms with E-state index in [9.17, 15) is 0 Å². The molecule has 3 heteroatoms. The Labute approximate surface area is 100 Å². The highest BCUT2D eigenvalue weighted by molar-refractivity contribution is 7.09. The highest BCUT2D eigenvalue weighted by Crippen LogP contribution is 2.09. The van der Waals surface area contributed by atoms with E-state index in [4.69, 9.17) is 0 Å². The Kier molecular flexibility index (Phi) is 3.70. The number of nitrogens with zero attached hydrogens (tertiary/aromatic N) is 1. The first-order chi connectivity index (χ1) is 7.74. The zero-order valence-corrected chi connectivity index (χ0v) is 10.5. The Morgan fingerprint density at radius 1 is 1.12 bits per heavy atom. The zero-order valence-electron chi connectivity index (χ0n) is 9.66. The van der Waals surface area contributed by atoms with E-state index >= 15 is 0 Å². The lowest BCUT2D eigenvalue weighted by atomic mass is 10.1. The van der Waals surface area contributed by atoms with E-state index in [1.165, 1.54) is 21.6 Å². The van der Waals surface area contributed by atoms with Gasteiger partial charge in [0.15, 0.2) is 0 Å². The van der Waals surface area contributed by atoms with Gasteiger partial charge in [-0.25, -0.2) is 0 Å². The van der Waals surface area contributed by atoms with Gasteiger partial charge < -0.3 is 5.32 Å². The first-order valence-corrected chi connectivity index (χ1v) is 6.27. The molecule has 0 saturated heterocycles. The van der Waals surface area contributed by atoms with Gasteiger partial charge in [0.2, 0.25) is 0 Å². The molecule has 1 heterocycles. The average Bonchev–Trinajstić information content (AvgIpc) is 2.69. The molecule has 0 spiro atoms. The first-order valence-electron chi connectivity index (χ1n) is 5.39. The maximum absolute atomic E-state index is 4.05. The lowest BCUT2D eigenvalue weighted by Crippen LogP contribution is -2.11. The van der Waals surface area contributed by atoms with E-state index < -0.39 is 0 Å². The molecule has 84 valence electrons. The van der Waals surface area contributed by atoms with Crippen LogP contribution in [0.2, 0.25) is 0 Å². The quantitative estimate of drug-likeness (QED) is 0.876. The fourth-order valence-corrected chi connectivity index (χ4v) is 2.39. The van der Waals surface area contributed by atoms with Gasteiger partial charge in [0.25, 0.3) is 0 Å². The molecule has 0 atom stereocenters. The highest BCUT2D eigenvalue weighted by atomic mass is 32.1. The molecular formula is C13H16N2S. The van der Waals surface area contributed by atoms with Crippen LogP contribution in [0.15, 0.2) is 29.9 Å². The van der Waals surface area contributed by atoms with Crippen molar-refractivity contribution < 1.29 is 0 Å². The minimum atomic E-state index is 0.900. The van der Waals surface area contributed by atoms with E-state index in [1.807, 2.05) is 11.7 Å². The lowest BCUT2D eigenvalue weighted by molar-refractivity contribution is 0.699. The molecule has 0 aliphatic heterocycles. The fourth-order valence-electron chi connectivity index (χ4n) is 1.83. The third-order valence-electron chi connectivity index (χ3n) is 2.39. The van der Waals surface area contributed by atoms with Crippen LogP contribution in [0.25, 0.3) is 0 Å². The van der Waals surface area contributed by atoms with Crippen molar-refractivity contribution >= 4 is 11.3 Å². The van der Waals surface area contributed by atoms with Crippen LogP contribution in [0.4, 0.5) is 0 Å². The summed E-state index contributed by atoms with van der Waals surface area (Å²) in [7, 11) is 0. The summed E-state index contributed by atoms with van der Waals surface area (Å²) < 4.78 is 0. The van der Waals surface area contributed by atoms with Crippen LogP contribution in [0.5, 0.6) is 0 Å². The van der Waals surface area contributed by atoms with E-state index in [0.29, 0.717) is 0 Å². The third-order valence-corrected chi connectivity index (χ3v) is 3.17. The molecule has 16 heavy (non-hydrogen) atoms. The summed E-state index contributed by atoms with van der Waals surface area (Å²) in [5.74, 6) is 0. The van der Waals surface area contributed by atoms with Crippen molar-refractivity contribution in [3.8, 4) is 0 Å². The van der Waals surface area contributed by atoms with Crippen molar-refractivity contribution in [2.45, 2.75) is 26.9 Å². The molecule has 0 saturated carbocycles. The molecule has 0 unspecified atom stereocenters. The highest BCUT2D eigenvalue weighted by Gasteiger charge is 1.97. The van der Waals surface area contributed by atoms with Crippen molar-refractivity contribution in [2.75, 3.05) is 0 Å². The zero-order chi connectivity index (χ0) is 11.4. The van der Waals surface area contributed by atoms with Gasteiger partial charge in [-0.05, 0) is 19.4 Å². The summed E-state index contributed by atoms with van der Waals surface area (Å²) >= 11 is 1.69. The van der Waals surface area contributed by atoms with Crippen LogP contribution < -0.4 is 5.32 Å². The number of thiazole rings is 1. The molecule has 1 aromatic heterocycles. The smallest absolute Gasteiger partial charge is 0.0794 e. The number of nitrogens with one attached hydrogen (secondary N) is 1. The van der Waals surface area contributed by atoms with Gasteiger partial charge in [-0.1, -0.05) is 29.3 Å². The van der Waals surface area contributed by atoms with E-state index in [0.717, 1.165) is 13.1 Å². The molecule has 2 aromatic rings. The molecule has 0 aliphatic rings. The molecule has 0 aliphatic carbocycles. The minimum Gasteiger partial charge on any atom is -0.308 e. The number of aryl methyl sites for hydroxylation is 2. The number of hydrogen-bond donors (Lipinski definition) is 1. The summed E-state index contributed by atoms with van der Waals surface area (Å²) in [6, 6.07) is 6.66. The average molecular weight is 232 g/mol. The SMILES string of the molecule is Cc1cc(C)cc(CNCc2cncs2)c1. The third kappa shape index (κ3) is 3.15. The van der Waals surface area contributed by atoms with Crippen LogP contribution in [0.1, 0.15) is 21.6 Å². The van der Waals surface area contributed by atoms with Gasteiger partial charge >= 0.3 is 0 Å². The van der Waals surface area contributed by atoms with Gasteiger partial charge in [0.05, 0.1) is 5.51 Å². The van der Waals surface area contributed by atoms with Crippen LogP contribution in [0.3, 0.4) is 0 Å².